The fraction of sp³-hybridized carbons (Fsp3) is 0.125. The quantitative estimate of drug-likeness (QED) is 0.135. The molecule has 0 fully saturated rings. The number of para-hydroxylation sites is 1. The van der Waals surface area contributed by atoms with Crippen LogP contribution in [0, 0.1) is 13.8 Å². The van der Waals surface area contributed by atoms with E-state index in [1.807, 2.05) is 0 Å². The summed E-state index contributed by atoms with van der Waals surface area (Å²) in [7, 11) is -3.11. The van der Waals surface area contributed by atoms with Crippen LogP contribution >= 0.6 is 0 Å². The molecular formula is C64H57N3OSi2. The van der Waals surface area contributed by atoms with Gasteiger partial charge in [-0.3, -0.25) is 0 Å². The first kappa shape index (κ1) is 43.6. The van der Waals surface area contributed by atoms with Gasteiger partial charge < -0.3 is 18.8 Å². The Morgan fingerprint density at radius 3 is 1.24 bits per heavy atom. The summed E-state index contributed by atoms with van der Waals surface area (Å²) in [5.74, 6) is 0. The molecule has 0 bridgehead atoms. The molecule has 0 unspecified atom stereocenters. The second-order valence-corrected chi connectivity index (χ2v) is 31.4. The van der Waals surface area contributed by atoms with Crippen molar-refractivity contribution in [3.63, 3.8) is 0 Å². The van der Waals surface area contributed by atoms with Crippen molar-refractivity contribution >= 4 is 126 Å². The summed E-state index contributed by atoms with van der Waals surface area (Å²) in [6, 6.07) is 74.8. The number of fused-ring (bicyclic) bond motifs is 10. The summed E-state index contributed by atoms with van der Waals surface area (Å²) < 4.78 is 9.00. The Hall–Kier alpha value is -7.65. The summed E-state index contributed by atoms with van der Waals surface area (Å²) in [4.78, 5) is 4.95. The molecule has 0 aliphatic rings. The lowest BCUT2D eigenvalue weighted by Gasteiger charge is -2.28. The lowest BCUT2D eigenvalue weighted by Crippen LogP contribution is -2.37. The normalized spacial score (nSPS) is 12.3. The Labute approximate surface area is 412 Å². The SMILES string of the molecule is Cc1cccc(N(c2ccc([Si](C)(C)C)cc2)c2cc3c(c4ccccc24)c2c4ccccc4c(N(c4ccc([Si](C)(C)C)cc4)c4cccc(C)c4)cc2n3-c2ccc3oc4ccccc4c3c2)c1. The number of aromatic nitrogens is 1. The number of aryl methyl sites for hydroxylation is 2. The van der Waals surface area contributed by atoms with Crippen LogP contribution in [0.4, 0.5) is 34.1 Å². The highest BCUT2D eigenvalue weighted by Gasteiger charge is 2.27. The lowest BCUT2D eigenvalue weighted by molar-refractivity contribution is 0.669. The maximum atomic E-state index is 6.47. The zero-order valence-corrected chi connectivity index (χ0v) is 43.3. The molecule has 10 aromatic carbocycles. The van der Waals surface area contributed by atoms with Gasteiger partial charge in [0.25, 0.3) is 0 Å². The van der Waals surface area contributed by atoms with Crippen molar-refractivity contribution in [2.75, 3.05) is 9.80 Å². The van der Waals surface area contributed by atoms with E-state index >= 15 is 0 Å². The number of furan rings is 1. The van der Waals surface area contributed by atoms with Crippen molar-refractivity contribution in [3.05, 3.63) is 211 Å². The monoisotopic (exact) mass is 939 g/mol. The molecule has 4 nitrogen and oxygen atoms in total. The zero-order valence-electron chi connectivity index (χ0n) is 41.3. The molecule has 0 N–H and O–H groups in total. The van der Waals surface area contributed by atoms with Gasteiger partial charge in [0.05, 0.1) is 38.6 Å². The molecule has 0 spiro atoms. The lowest BCUT2D eigenvalue weighted by atomic mass is 9.96. The van der Waals surface area contributed by atoms with Crippen LogP contribution in [0.1, 0.15) is 11.1 Å². The van der Waals surface area contributed by atoms with Crippen LogP contribution in [0.3, 0.4) is 0 Å². The molecule has 0 aliphatic carbocycles. The van der Waals surface area contributed by atoms with Gasteiger partial charge in [-0.1, -0.05) is 165 Å². The van der Waals surface area contributed by atoms with E-state index in [0.717, 1.165) is 72.8 Å². The molecule has 0 aliphatic heterocycles. The highest BCUT2D eigenvalue weighted by atomic mass is 28.3. The number of benzene rings is 10. The molecule has 0 atom stereocenters. The van der Waals surface area contributed by atoms with Crippen LogP contribution in [0.25, 0.3) is 71.0 Å². The fourth-order valence-electron chi connectivity index (χ4n) is 10.8. The van der Waals surface area contributed by atoms with Crippen LogP contribution in [-0.4, -0.2) is 20.7 Å². The van der Waals surface area contributed by atoms with Gasteiger partial charge >= 0.3 is 0 Å². The summed E-state index contributed by atoms with van der Waals surface area (Å²) in [6.07, 6.45) is 0. The number of hydrogen-bond acceptors (Lipinski definition) is 3. The highest BCUT2D eigenvalue weighted by molar-refractivity contribution is 6.89. The molecule has 2 heterocycles. The predicted octanol–water partition coefficient (Wildman–Crippen LogP) is 17.6. The predicted molar refractivity (Wildman–Crippen MR) is 308 cm³/mol. The minimum Gasteiger partial charge on any atom is -0.456 e. The fourth-order valence-corrected chi connectivity index (χ4v) is 13.1. The molecule has 70 heavy (non-hydrogen) atoms. The second kappa shape index (κ2) is 16.5. The van der Waals surface area contributed by atoms with Crippen molar-refractivity contribution in [2.24, 2.45) is 0 Å². The van der Waals surface area contributed by atoms with Crippen LogP contribution < -0.4 is 20.2 Å². The minimum absolute atomic E-state index is 0.878. The molecule has 0 saturated heterocycles. The average Bonchev–Trinajstić information content (AvgIpc) is 3.89. The van der Waals surface area contributed by atoms with E-state index in [-0.39, 0.29) is 0 Å². The van der Waals surface area contributed by atoms with Gasteiger partial charge in [0.15, 0.2) is 0 Å². The van der Waals surface area contributed by atoms with E-state index in [0.29, 0.717) is 0 Å². The van der Waals surface area contributed by atoms with Gasteiger partial charge in [-0.05, 0) is 121 Å². The standard InChI is InChI=1S/C64H57N3OSi2/c1-42-17-15-19-46(37-42)65(44-27-32-49(33-28-44)69(3,4)5)57-40-59-63(54-24-11-9-21-51(54)57)64-55-25-12-10-22-52(55)58(66(47-20-16-18-43(2)38-47)45-29-34-50(35-30-45)70(6,7)8)41-60(64)67(59)48-31-36-62-56(39-48)53-23-13-14-26-61(53)68-62/h9-41H,1-8H3. The molecule has 12 rings (SSSR count). The Bertz CT molecular complexity index is 3800. The van der Waals surface area contributed by atoms with E-state index < -0.39 is 16.1 Å². The van der Waals surface area contributed by atoms with Crippen LogP contribution in [-0.2, 0) is 0 Å². The van der Waals surface area contributed by atoms with E-state index in [9.17, 15) is 0 Å². The smallest absolute Gasteiger partial charge is 0.135 e. The Balaban J connectivity index is 1.24. The van der Waals surface area contributed by atoms with Gasteiger partial charge in [0.2, 0.25) is 0 Å². The van der Waals surface area contributed by atoms with Crippen LogP contribution in [0.2, 0.25) is 39.3 Å². The number of hydrogen-bond donors (Lipinski definition) is 0. The summed E-state index contributed by atoms with van der Waals surface area (Å²) in [6.45, 7) is 18.9. The van der Waals surface area contributed by atoms with Crippen LogP contribution in [0.15, 0.2) is 205 Å². The molecular weight excluding hydrogens is 883 g/mol. The second-order valence-electron chi connectivity index (χ2n) is 21.2. The maximum absolute atomic E-state index is 6.47. The molecule has 342 valence electrons. The van der Waals surface area contributed by atoms with Crippen molar-refractivity contribution in [2.45, 2.75) is 53.1 Å². The van der Waals surface area contributed by atoms with Crippen LogP contribution in [0.5, 0.6) is 0 Å². The summed E-state index contributed by atoms with van der Waals surface area (Å²) in [5, 5.41) is 12.4. The first-order valence-electron chi connectivity index (χ1n) is 24.6. The largest absolute Gasteiger partial charge is 0.456 e. The number of anilines is 6. The van der Waals surface area contributed by atoms with Crippen molar-refractivity contribution < 1.29 is 4.42 Å². The summed E-state index contributed by atoms with van der Waals surface area (Å²) in [5.41, 5.74) is 14.3. The molecule has 0 radical (unpaired) electrons. The number of nitrogens with zero attached hydrogens (tertiary/aromatic N) is 3. The third-order valence-electron chi connectivity index (χ3n) is 14.3. The van der Waals surface area contributed by atoms with Crippen molar-refractivity contribution in [1.82, 2.24) is 4.57 Å². The molecule has 0 saturated carbocycles. The highest BCUT2D eigenvalue weighted by Crippen LogP contribution is 2.50. The zero-order chi connectivity index (χ0) is 48.1. The van der Waals surface area contributed by atoms with Gasteiger partial charge in [0, 0.05) is 60.8 Å². The van der Waals surface area contributed by atoms with Gasteiger partial charge in [0.1, 0.15) is 11.2 Å². The van der Waals surface area contributed by atoms with E-state index in [2.05, 4.69) is 268 Å². The molecule has 0 amide bonds. The third kappa shape index (κ3) is 7.33. The minimum atomic E-state index is -1.56. The van der Waals surface area contributed by atoms with Gasteiger partial charge in [-0.15, -0.1) is 0 Å². The van der Waals surface area contributed by atoms with E-state index in [1.165, 1.54) is 53.8 Å². The average molecular weight is 940 g/mol. The summed E-state index contributed by atoms with van der Waals surface area (Å²) >= 11 is 0. The van der Waals surface area contributed by atoms with Crippen molar-refractivity contribution in [3.8, 4) is 5.69 Å². The van der Waals surface area contributed by atoms with Crippen molar-refractivity contribution in [1.29, 1.82) is 0 Å². The van der Waals surface area contributed by atoms with E-state index in [4.69, 9.17) is 4.42 Å². The topological polar surface area (TPSA) is 24.6 Å². The number of rotatable bonds is 9. The van der Waals surface area contributed by atoms with E-state index in [1.54, 1.807) is 0 Å². The maximum Gasteiger partial charge on any atom is 0.135 e. The first-order valence-corrected chi connectivity index (χ1v) is 31.6. The molecule has 12 aromatic rings. The first-order chi connectivity index (χ1) is 33.8. The third-order valence-corrected chi connectivity index (χ3v) is 18.5. The Morgan fingerprint density at radius 2 is 0.786 bits per heavy atom. The Kier molecular flexibility index (Phi) is 10.3. The molecule has 6 heteroatoms. The van der Waals surface area contributed by atoms with Gasteiger partial charge in [-0.25, -0.2) is 0 Å². The molecule has 2 aromatic heterocycles. The van der Waals surface area contributed by atoms with Gasteiger partial charge in [-0.2, -0.15) is 0 Å². The Morgan fingerprint density at radius 1 is 0.357 bits per heavy atom.